The van der Waals surface area contributed by atoms with Crippen LogP contribution < -0.4 is 0 Å². The predicted octanol–water partition coefficient (Wildman–Crippen LogP) is 1.96. The largest absolute Gasteiger partial charge is 0.465 e. The molecule has 0 spiro atoms. The molecule has 0 radical (unpaired) electrons. The summed E-state index contributed by atoms with van der Waals surface area (Å²) in [5.41, 5.74) is 0. The van der Waals surface area contributed by atoms with Gasteiger partial charge in [0.15, 0.2) is 5.92 Å². The predicted molar refractivity (Wildman–Crippen MR) is 71.6 cm³/mol. The average molecular weight is 272 g/mol. The maximum absolute atomic E-state index is 11.9. The van der Waals surface area contributed by atoms with Crippen LogP contribution in [-0.4, -0.2) is 38.9 Å². The molecule has 0 aliphatic heterocycles. The smallest absolute Gasteiger partial charge is 0.320 e. The highest BCUT2D eigenvalue weighted by atomic mass is 16.6. The molecule has 0 N–H and O–H groups in total. The Balaban J connectivity index is 5.02. The first-order valence-electron chi connectivity index (χ1n) is 6.57. The monoisotopic (exact) mass is 272 g/mol. The van der Waals surface area contributed by atoms with E-state index in [1.54, 1.807) is 21.0 Å². The molecule has 0 aliphatic carbocycles. The van der Waals surface area contributed by atoms with Crippen LogP contribution in [0.1, 0.15) is 27.2 Å². The first-order valence-corrected chi connectivity index (χ1v) is 6.57. The lowest BCUT2D eigenvalue weighted by Gasteiger charge is -2.21. The zero-order valence-electron chi connectivity index (χ0n) is 12.2. The van der Waals surface area contributed by atoms with Gasteiger partial charge in [-0.3, -0.25) is 9.59 Å². The van der Waals surface area contributed by atoms with Crippen molar-refractivity contribution in [2.45, 2.75) is 27.2 Å². The summed E-state index contributed by atoms with van der Waals surface area (Å²) in [6, 6.07) is 0. The summed E-state index contributed by atoms with van der Waals surface area (Å²) in [6.45, 7) is 6.19. The molecule has 0 aromatic heterocycles. The topological polar surface area (TPSA) is 61.8 Å². The van der Waals surface area contributed by atoms with Gasteiger partial charge >= 0.3 is 11.9 Å². The van der Waals surface area contributed by atoms with Crippen LogP contribution in [0, 0.1) is 11.8 Å². The minimum absolute atomic E-state index is 0.238. The third kappa shape index (κ3) is 6.38. The molecule has 19 heavy (non-hydrogen) atoms. The molecule has 0 aromatic carbocycles. The van der Waals surface area contributed by atoms with Gasteiger partial charge in [-0.05, 0) is 27.2 Å². The average Bonchev–Trinajstić information content (AvgIpc) is 2.37. The van der Waals surface area contributed by atoms with Crippen molar-refractivity contribution in [2.75, 3.05) is 26.9 Å². The van der Waals surface area contributed by atoms with Crippen LogP contribution >= 0.6 is 0 Å². The maximum atomic E-state index is 11.9. The Morgan fingerprint density at radius 1 is 1.11 bits per heavy atom. The molecular formula is C14H24O5. The van der Waals surface area contributed by atoms with Crippen molar-refractivity contribution in [3.63, 3.8) is 0 Å². The van der Waals surface area contributed by atoms with Crippen molar-refractivity contribution >= 4 is 11.9 Å². The van der Waals surface area contributed by atoms with E-state index in [-0.39, 0.29) is 19.1 Å². The number of methoxy groups -OCH3 is 1. The Bertz CT molecular complexity index is 280. The Hall–Kier alpha value is -1.36. The van der Waals surface area contributed by atoms with Crippen LogP contribution in [0.3, 0.4) is 0 Å². The van der Waals surface area contributed by atoms with E-state index >= 15 is 0 Å². The Labute approximate surface area is 114 Å². The highest BCUT2D eigenvalue weighted by molar-refractivity contribution is 5.95. The third-order valence-corrected chi connectivity index (χ3v) is 2.60. The number of carbonyl (C=O) groups excluding carboxylic acids is 2. The summed E-state index contributed by atoms with van der Waals surface area (Å²) in [5, 5.41) is 0. The highest BCUT2D eigenvalue weighted by Gasteiger charge is 2.35. The van der Waals surface area contributed by atoms with Gasteiger partial charge in [0.2, 0.25) is 0 Å². The molecule has 0 aliphatic rings. The van der Waals surface area contributed by atoms with Gasteiger partial charge in [-0.2, -0.15) is 0 Å². The first kappa shape index (κ1) is 17.6. The SMILES string of the molecule is C/C=C/C(CCOC)C(C(=O)OCC)C(=O)OCC. The summed E-state index contributed by atoms with van der Waals surface area (Å²) >= 11 is 0. The molecule has 0 saturated heterocycles. The Kier molecular flexibility index (Phi) is 9.80. The summed E-state index contributed by atoms with van der Waals surface area (Å²) in [6.07, 6.45) is 4.19. The minimum atomic E-state index is -0.925. The fraction of sp³-hybridized carbons (Fsp3) is 0.714. The Morgan fingerprint density at radius 3 is 2.00 bits per heavy atom. The molecule has 5 heteroatoms. The van der Waals surface area contributed by atoms with E-state index in [4.69, 9.17) is 14.2 Å². The zero-order valence-corrected chi connectivity index (χ0v) is 12.2. The van der Waals surface area contributed by atoms with Gasteiger partial charge in [0.05, 0.1) is 13.2 Å². The van der Waals surface area contributed by atoms with Crippen LogP contribution in [0.2, 0.25) is 0 Å². The standard InChI is InChI=1S/C14H24O5/c1-5-8-11(9-10-17-4)12(13(15)18-6-2)14(16)19-7-3/h5,8,11-12H,6-7,9-10H2,1-4H3/b8-5+. The molecule has 0 aromatic rings. The van der Waals surface area contributed by atoms with Crippen LogP contribution in [0.25, 0.3) is 0 Å². The van der Waals surface area contributed by atoms with Crippen molar-refractivity contribution < 1.29 is 23.8 Å². The van der Waals surface area contributed by atoms with E-state index < -0.39 is 17.9 Å². The molecule has 1 unspecified atom stereocenters. The number of hydrogen-bond acceptors (Lipinski definition) is 5. The number of hydrogen-bond donors (Lipinski definition) is 0. The van der Waals surface area contributed by atoms with Gasteiger partial charge in [0.25, 0.3) is 0 Å². The molecule has 5 nitrogen and oxygen atoms in total. The second-order valence-electron chi connectivity index (χ2n) is 3.95. The van der Waals surface area contributed by atoms with Crippen molar-refractivity contribution in [1.82, 2.24) is 0 Å². The van der Waals surface area contributed by atoms with E-state index in [9.17, 15) is 9.59 Å². The van der Waals surface area contributed by atoms with E-state index in [1.807, 2.05) is 19.1 Å². The summed E-state index contributed by atoms with van der Waals surface area (Å²) in [5.74, 6) is -2.28. The molecule has 0 rings (SSSR count). The Morgan fingerprint density at radius 2 is 1.63 bits per heavy atom. The quantitative estimate of drug-likeness (QED) is 0.365. The second-order valence-corrected chi connectivity index (χ2v) is 3.95. The van der Waals surface area contributed by atoms with Gasteiger partial charge in [-0.15, -0.1) is 0 Å². The number of ether oxygens (including phenoxy) is 3. The molecule has 0 heterocycles. The summed E-state index contributed by atoms with van der Waals surface area (Å²) in [7, 11) is 1.58. The molecule has 0 saturated carbocycles. The van der Waals surface area contributed by atoms with Crippen LogP contribution in [-0.2, 0) is 23.8 Å². The maximum Gasteiger partial charge on any atom is 0.320 e. The summed E-state index contributed by atoms with van der Waals surface area (Å²) in [4.78, 5) is 23.9. The fourth-order valence-corrected chi connectivity index (χ4v) is 1.79. The van der Waals surface area contributed by atoms with Crippen LogP contribution in [0.5, 0.6) is 0 Å². The van der Waals surface area contributed by atoms with Gasteiger partial charge in [0, 0.05) is 19.6 Å². The van der Waals surface area contributed by atoms with Crippen molar-refractivity contribution in [3.8, 4) is 0 Å². The molecule has 0 bridgehead atoms. The van der Waals surface area contributed by atoms with Gasteiger partial charge < -0.3 is 14.2 Å². The fourth-order valence-electron chi connectivity index (χ4n) is 1.79. The lowest BCUT2D eigenvalue weighted by Crippen LogP contribution is -2.34. The van der Waals surface area contributed by atoms with Crippen molar-refractivity contribution in [1.29, 1.82) is 0 Å². The zero-order chi connectivity index (χ0) is 14.7. The van der Waals surface area contributed by atoms with Crippen molar-refractivity contribution in [2.24, 2.45) is 11.8 Å². The lowest BCUT2D eigenvalue weighted by molar-refractivity contribution is -0.163. The van der Waals surface area contributed by atoms with E-state index in [0.29, 0.717) is 13.0 Å². The minimum Gasteiger partial charge on any atom is -0.465 e. The van der Waals surface area contributed by atoms with Crippen LogP contribution in [0.4, 0.5) is 0 Å². The molecule has 1 atom stereocenters. The first-order chi connectivity index (χ1) is 9.12. The summed E-state index contributed by atoms with van der Waals surface area (Å²) < 4.78 is 14.9. The third-order valence-electron chi connectivity index (χ3n) is 2.60. The molecule has 0 fully saturated rings. The van der Waals surface area contributed by atoms with E-state index in [1.165, 1.54) is 0 Å². The number of esters is 2. The molecular weight excluding hydrogens is 248 g/mol. The number of rotatable bonds is 9. The van der Waals surface area contributed by atoms with E-state index in [2.05, 4.69) is 0 Å². The number of carbonyl (C=O) groups is 2. The lowest BCUT2D eigenvalue weighted by atomic mass is 9.89. The number of allylic oxidation sites excluding steroid dienone is 2. The van der Waals surface area contributed by atoms with Gasteiger partial charge in [-0.1, -0.05) is 12.2 Å². The van der Waals surface area contributed by atoms with Crippen molar-refractivity contribution in [3.05, 3.63) is 12.2 Å². The van der Waals surface area contributed by atoms with E-state index in [0.717, 1.165) is 0 Å². The normalized spacial score (nSPS) is 12.7. The molecule has 0 amide bonds. The van der Waals surface area contributed by atoms with Gasteiger partial charge in [0.1, 0.15) is 0 Å². The van der Waals surface area contributed by atoms with Gasteiger partial charge in [-0.25, -0.2) is 0 Å². The van der Waals surface area contributed by atoms with Crippen LogP contribution in [0.15, 0.2) is 12.2 Å². The molecule has 110 valence electrons. The highest BCUT2D eigenvalue weighted by Crippen LogP contribution is 2.21. The second kappa shape index (κ2) is 10.6.